The summed E-state index contributed by atoms with van der Waals surface area (Å²) in [6.07, 6.45) is 0. The molecule has 2 heterocycles. The lowest BCUT2D eigenvalue weighted by Gasteiger charge is -2.01. The second-order valence-corrected chi connectivity index (χ2v) is 7.05. The standard InChI is InChI=1S/C15H17N3S2/c1-11-6-7-12(20-11)10-16-8-9-19-15-17-13-4-2-3-5-14(13)18-15/h2-7,16H,8-10H2,1H3,(H,17,18). The number of H-pyrrole nitrogens is 1. The number of rotatable bonds is 6. The van der Waals surface area contributed by atoms with E-state index >= 15 is 0 Å². The average Bonchev–Trinajstić information content (AvgIpc) is 3.04. The highest BCUT2D eigenvalue weighted by Crippen LogP contribution is 2.18. The van der Waals surface area contributed by atoms with E-state index in [2.05, 4.69) is 40.4 Å². The van der Waals surface area contributed by atoms with E-state index < -0.39 is 0 Å². The van der Waals surface area contributed by atoms with E-state index in [-0.39, 0.29) is 0 Å². The van der Waals surface area contributed by atoms with Crippen LogP contribution in [0.2, 0.25) is 0 Å². The Bertz CT molecular complexity index is 654. The molecule has 0 amide bonds. The number of aromatic amines is 1. The molecule has 0 aliphatic heterocycles. The number of thioether (sulfide) groups is 1. The first-order valence-electron chi connectivity index (χ1n) is 6.65. The molecule has 0 aliphatic rings. The summed E-state index contributed by atoms with van der Waals surface area (Å²) in [6.45, 7) is 4.09. The summed E-state index contributed by atoms with van der Waals surface area (Å²) in [5, 5.41) is 4.47. The molecule has 2 N–H and O–H groups in total. The SMILES string of the molecule is Cc1ccc(CNCCSc2nc3ccccc3[nH]2)s1. The highest BCUT2D eigenvalue weighted by Gasteiger charge is 2.02. The molecule has 3 rings (SSSR count). The van der Waals surface area contributed by atoms with Gasteiger partial charge in [0, 0.05) is 28.6 Å². The molecule has 5 heteroatoms. The minimum Gasteiger partial charge on any atom is -0.333 e. The van der Waals surface area contributed by atoms with Gasteiger partial charge in [-0.2, -0.15) is 0 Å². The molecule has 3 aromatic rings. The third-order valence-electron chi connectivity index (χ3n) is 2.98. The number of para-hydroxylation sites is 2. The van der Waals surface area contributed by atoms with Gasteiger partial charge in [0.2, 0.25) is 0 Å². The maximum Gasteiger partial charge on any atom is 0.166 e. The molecule has 20 heavy (non-hydrogen) atoms. The molecular formula is C15H17N3S2. The molecule has 0 unspecified atom stereocenters. The van der Waals surface area contributed by atoms with Gasteiger partial charge >= 0.3 is 0 Å². The van der Waals surface area contributed by atoms with Crippen molar-refractivity contribution in [3.63, 3.8) is 0 Å². The molecule has 0 spiro atoms. The van der Waals surface area contributed by atoms with Crippen LogP contribution in [0.4, 0.5) is 0 Å². The second-order valence-electron chi connectivity index (χ2n) is 4.60. The van der Waals surface area contributed by atoms with Crippen molar-refractivity contribution in [1.82, 2.24) is 15.3 Å². The zero-order valence-electron chi connectivity index (χ0n) is 11.3. The minimum atomic E-state index is 0.958. The van der Waals surface area contributed by atoms with Crippen molar-refractivity contribution in [1.29, 1.82) is 0 Å². The molecule has 2 aromatic heterocycles. The van der Waals surface area contributed by atoms with E-state index in [4.69, 9.17) is 0 Å². The summed E-state index contributed by atoms with van der Waals surface area (Å²) >= 11 is 3.62. The molecule has 0 bridgehead atoms. The van der Waals surface area contributed by atoms with Crippen LogP contribution in [0.3, 0.4) is 0 Å². The number of hydrogen-bond donors (Lipinski definition) is 2. The van der Waals surface area contributed by atoms with E-state index in [0.29, 0.717) is 0 Å². The lowest BCUT2D eigenvalue weighted by Crippen LogP contribution is -2.15. The quantitative estimate of drug-likeness (QED) is 0.537. The summed E-state index contributed by atoms with van der Waals surface area (Å²) in [7, 11) is 0. The predicted molar refractivity (Wildman–Crippen MR) is 87.6 cm³/mol. The van der Waals surface area contributed by atoms with Crippen LogP contribution in [-0.4, -0.2) is 22.3 Å². The van der Waals surface area contributed by atoms with Gasteiger partial charge in [0.15, 0.2) is 5.16 Å². The lowest BCUT2D eigenvalue weighted by molar-refractivity contribution is 0.740. The Hall–Kier alpha value is -1.30. The van der Waals surface area contributed by atoms with E-state index in [0.717, 1.165) is 35.0 Å². The van der Waals surface area contributed by atoms with E-state index in [1.54, 1.807) is 11.8 Å². The Morgan fingerprint density at radius 2 is 2.15 bits per heavy atom. The Morgan fingerprint density at radius 3 is 2.95 bits per heavy atom. The van der Waals surface area contributed by atoms with Crippen molar-refractivity contribution in [2.45, 2.75) is 18.6 Å². The zero-order chi connectivity index (χ0) is 13.8. The number of nitrogens with one attached hydrogen (secondary N) is 2. The predicted octanol–water partition coefficient (Wildman–Crippen LogP) is 3.81. The molecule has 3 nitrogen and oxygen atoms in total. The number of imidazole rings is 1. The average molecular weight is 303 g/mol. The molecule has 0 saturated carbocycles. The van der Waals surface area contributed by atoms with Gasteiger partial charge in [0.05, 0.1) is 11.0 Å². The van der Waals surface area contributed by atoms with Crippen LogP contribution in [0, 0.1) is 6.92 Å². The topological polar surface area (TPSA) is 40.7 Å². The fourth-order valence-electron chi connectivity index (χ4n) is 2.01. The third-order valence-corrected chi connectivity index (χ3v) is 4.86. The smallest absolute Gasteiger partial charge is 0.166 e. The summed E-state index contributed by atoms with van der Waals surface area (Å²) in [6, 6.07) is 12.5. The number of hydrogen-bond acceptors (Lipinski definition) is 4. The maximum atomic E-state index is 4.55. The Balaban J connectivity index is 1.43. The van der Waals surface area contributed by atoms with Crippen LogP contribution in [0.15, 0.2) is 41.6 Å². The van der Waals surface area contributed by atoms with Crippen molar-refractivity contribution in [2.24, 2.45) is 0 Å². The summed E-state index contributed by atoms with van der Waals surface area (Å²) in [5.74, 6) is 1.02. The van der Waals surface area contributed by atoms with Crippen LogP contribution >= 0.6 is 23.1 Å². The van der Waals surface area contributed by atoms with Crippen LogP contribution in [0.25, 0.3) is 11.0 Å². The highest BCUT2D eigenvalue weighted by atomic mass is 32.2. The molecule has 0 saturated heterocycles. The van der Waals surface area contributed by atoms with Crippen LogP contribution in [-0.2, 0) is 6.54 Å². The fourth-order valence-corrected chi connectivity index (χ4v) is 3.65. The Labute approximate surface area is 126 Å². The van der Waals surface area contributed by atoms with Gasteiger partial charge in [0.1, 0.15) is 0 Å². The largest absolute Gasteiger partial charge is 0.333 e. The third kappa shape index (κ3) is 3.42. The van der Waals surface area contributed by atoms with Gasteiger partial charge in [-0.15, -0.1) is 11.3 Å². The van der Waals surface area contributed by atoms with Crippen LogP contribution in [0.1, 0.15) is 9.75 Å². The van der Waals surface area contributed by atoms with Gasteiger partial charge in [-0.05, 0) is 31.2 Å². The Morgan fingerprint density at radius 1 is 1.25 bits per heavy atom. The maximum absolute atomic E-state index is 4.55. The van der Waals surface area contributed by atoms with Crippen molar-refractivity contribution in [3.8, 4) is 0 Å². The highest BCUT2D eigenvalue weighted by molar-refractivity contribution is 7.99. The van der Waals surface area contributed by atoms with Gasteiger partial charge in [0.25, 0.3) is 0 Å². The first-order valence-corrected chi connectivity index (χ1v) is 8.45. The lowest BCUT2D eigenvalue weighted by atomic mass is 10.3. The van der Waals surface area contributed by atoms with E-state index in [1.807, 2.05) is 29.5 Å². The molecule has 104 valence electrons. The molecule has 1 aromatic carbocycles. The minimum absolute atomic E-state index is 0.958. The number of nitrogens with zero attached hydrogens (tertiary/aromatic N) is 1. The zero-order valence-corrected chi connectivity index (χ0v) is 13.0. The first-order chi connectivity index (χ1) is 9.81. The molecule has 0 fully saturated rings. The number of fused-ring (bicyclic) bond motifs is 1. The number of aryl methyl sites for hydroxylation is 1. The Kier molecular flexibility index (Phi) is 4.40. The van der Waals surface area contributed by atoms with Gasteiger partial charge in [-0.25, -0.2) is 4.98 Å². The number of aromatic nitrogens is 2. The van der Waals surface area contributed by atoms with Crippen molar-refractivity contribution in [3.05, 3.63) is 46.2 Å². The van der Waals surface area contributed by atoms with Gasteiger partial charge in [-0.3, -0.25) is 0 Å². The normalized spacial score (nSPS) is 11.2. The first kappa shape index (κ1) is 13.7. The summed E-state index contributed by atoms with van der Waals surface area (Å²) < 4.78 is 0. The number of thiophene rings is 1. The summed E-state index contributed by atoms with van der Waals surface area (Å²) in [5.41, 5.74) is 2.15. The van der Waals surface area contributed by atoms with Crippen molar-refractivity contribution < 1.29 is 0 Å². The van der Waals surface area contributed by atoms with Crippen molar-refractivity contribution >= 4 is 34.1 Å². The number of benzene rings is 1. The molecular weight excluding hydrogens is 286 g/mol. The monoisotopic (exact) mass is 303 g/mol. The van der Waals surface area contributed by atoms with Crippen molar-refractivity contribution in [2.75, 3.05) is 12.3 Å². The summed E-state index contributed by atoms with van der Waals surface area (Å²) in [4.78, 5) is 10.7. The van der Waals surface area contributed by atoms with Gasteiger partial charge in [-0.1, -0.05) is 23.9 Å². The van der Waals surface area contributed by atoms with Crippen LogP contribution < -0.4 is 5.32 Å². The molecule has 0 radical (unpaired) electrons. The van der Waals surface area contributed by atoms with Crippen LogP contribution in [0.5, 0.6) is 0 Å². The molecule has 0 atom stereocenters. The second kappa shape index (κ2) is 6.43. The van der Waals surface area contributed by atoms with E-state index in [1.165, 1.54) is 9.75 Å². The molecule has 0 aliphatic carbocycles. The van der Waals surface area contributed by atoms with E-state index in [9.17, 15) is 0 Å². The van der Waals surface area contributed by atoms with Gasteiger partial charge < -0.3 is 10.3 Å². The fraction of sp³-hybridized carbons (Fsp3) is 0.267.